The Balaban J connectivity index is 2.49. The average Bonchev–Trinajstić information content (AvgIpc) is 2.38. The Kier molecular flexibility index (Phi) is 6.31. The van der Waals surface area contributed by atoms with Crippen LogP contribution in [-0.2, 0) is 19.6 Å². The Hall–Kier alpha value is -1.45. The molecule has 0 bridgehead atoms. The second kappa shape index (κ2) is 7.53. The summed E-state index contributed by atoms with van der Waals surface area (Å²) in [4.78, 5) is 22.0. The summed E-state index contributed by atoms with van der Waals surface area (Å²) in [5.74, 6) is -1.69. The van der Waals surface area contributed by atoms with Gasteiger partial charge in [-0.1, -0.05) is 15.9 Å². The van der Waals surface area contributed by atoms with Crippen LogP contribution in [-0.4, -0.2) is 38.0 Å². The molecule has 0 aromatic heterocycles. The van der Waals surface area contributed by atoms with Gasteiger partial charge in [0.15, 0.2) is 0 Å². The number of carbonyl (C=O) groups is 2. The van der Waals surface area contributed by atoms with E-state index in [1.807, 2.05) is 0 Å². The van der Waals surface area contributed by atoms with E-state index in [1.54, 1.807) is 12.1 Å². The molecule has 0 fully saturated rings. The molecule has 0 heterocycles. The maximum absolute atomic E-state index is 11.9. The second-order valence-corrected chi connectivity index (χ2v) is 6.91. The molecule has 0 aliphatic heterocycles. The van der Waals surface area contributed by atoms with Gasteiger partial charge in [-0.15, -0.1) is 0 Å². The van der Waals surface area contributed by atoms with Gasteiger partial charge in [-0.2, -0.15) is 0 Å². The van der Waals surface area contributed by atoms with Crippen LogP contribution in [0.25, 0.3) is 0 Å². The second-order valence-electron chi connectivity index (χ2n) is 4.23. The fraction of sp³-hybridized carbons (Fsp3) is 0.333. The molecule has 0 unspecified atom stereocenters. The number of carbonyl (C=O) groups excluding carboxylic acids is 1. The molecule has 7 nitrogen and oxygen atoms in total. The summed E-state index contributed by atoms with van der Waals surface area (Å²) in [6.45, 7) is 1.21. The monoisotopic (exact) mass is 378 g/mol. The largest absolute Gasteiger partial charge is 0.480 e. The highest BCUT2D eigenvalue weighted by Gasteiger charge is 2.16. The van der Waals surface area contributed by atoms with Crippen molar-refractivity contribution in [1.82, 2.24) is 10.0 Å². The van der Waals surface area contributed by atoms with Crippen molar-refractivity contribution in [1.29, 1.82) is 0 Å². The van der Waals surface area contributed by atoms with Gasteiger partial charge in [-0.25, -0.2) is 13.1 Å². The molecular weight excluding hydrogens is 364 g/mol. The molecule has 9 heteroatoms. The smallest absolute Gasteiger partial charge is 0.325 e. The minimum Gasteiger partial charge on any atom is -0.480 e. The van der Waals surface area contributed by atoms with Crippen molar-refractivity contribution in [3.63, 3.8) is 0 Å². The summed E-state index contributed by atoms with van der Waals surface area (Å²) in [5, 5.41) is 10.9. The first kappa shape index (κ1) is 17.6. The van der Waals surface area contributed by atoms with E-state index in [0.29, 0.717) is 0 Å². The lowest BCUT2D eigenvalue weighted by Crippen LogP contribution is -2.39. The number of nitrogens with one attached hydrogen (secondary N) is 2. The predicted molar refractivity (Wildman–Crippen MR) is 79.2 cm³/mol. The SMILES string of the molecule is C[C@@H](NC(=O)CCNS(=O)(=O)c1ccc(Br)cc1)C(=O)O. The van der Waals surface area contributed by atoms with E-state index in [9.17, 15) is 18.0 Å². The van der Waals surface area contributed by atoms with Gasteiger partial charge in [-0.05, 0) is 31.2 Å². The van der Waals surface area contributed by atoms with Gasteiger partial charge < -0.3 is 10.4 Å². The molecule has 0 spiro atoms. The van der Waals surface area contributed by atoms with Gasteiger partial charge in [0.1, 0.15) is 6.04 Å². The third-order valence-corrected chi connectivity index (χ3v) is 4.52. The first-order chi connectivity index (χ1) is 9.72. The van der Waals surface area contributed by atoms with E-state index in [1.165, 1.54) is 19.1 Å². The van der Waals surface area contributed by atoms with Crippen molar-refractivity contribution in [3.8, 4) is 0 Å². The maximum Gasteiger partial charge on any atom is 0.325 e. The number of aliphatic carboxylic acids is 1. The highest BCUT2D eigenvalue weighted by molar-refractivity contribution is 9.10. The van der Waals surface area contributed by atoms with Crippen LogP contribution in [0.2, 0.25) is 0 Å². The highest BCUT2D eigenvalue weighted by atomic mass is 79.9. The fourth-order valence-corrected chi connectivity index (χ4v) is 2.67. The van der Waals surface area contributed by atoms with Gasteiger partial charge in [0.25, 0.3) is 0 Å². The maximum atomic E-state index is 11.9. The molecule has 116 valence electrons. The number of hydrogen-bond donors (Lipinski definition) is 3. The van der Waals surface area contributed by atoms with E-state index in [4.69, 9.17) is 5.11 Å². The molecule has 3 N–H and O–H groups in total. The quantitative estimate of drug-likeness (QED) is 0.646. The topological polar surface area (TPSA) is 113 Å². The van der Waals surface area contributed by atoms with Gasteiger partial charge in [0.05, 0.1) is 4.90 Å². The molecule has 0 saturated carbocycles. The number of benzene rings is 1. The van der Waals surface area contributed by atoms with Crippen molar-refractivity contribution >= 4 is 37.8 Å². The molecule has 1 aromatic rings. The molecule has 0 saturated heterocycles. The van der Waals surface area contributed by atoms with Crippen LogP contribution in [0.3, 0.4) is 0 Å². The summed E-state index contributed by atoms with van der Waals surface area (Å²) in [7, 11) is -3.68. The number of carboxylic acid groups (broad SMARTS) is 1. The Morgan fingerprint density at radius 2 is 1.86 bits per heavy atom. The fourth-order valence-electron chi connectivity index (χ4n) is 1.37. The molecule has 0 aliphatic carbocycles. The highest BCUT2D eigenvalue weighted by Crippen LogP contribution is 2.14. The van der Waals surface area contributed by atoms with Crippen molar-refractivity contribution in [2.75, 3.05) is 6.54 Å². The standard InChI is InChI=1S/C12H15BrN2O5S/c1-8(12(17)18)15-11(16)6-7-14-21(19,20)10-4-2-9(13)3-5-10/h2-5,8,14H,6-7H2,1H3,(H,15,16)(H,17,18)/t8-/m1/s1. The molecule has 1 amide bonds. The van der Waals surface area contributed by atoms with Gasteiger partial charge in [0, 0.05) is 17.4 Å². The van der Waals surface area contributed by atoms with Crippen LogP contribution in [0.4, 0.5) is 0 Å². The molecule has 1 atom stereocenters. The summed E-state index contributed by atoms with van der Waals surface area (Å²) in [6.07, 6.45) is -0.145. The van der Waals surface area contributed by atoms with E-state index in [-0.39, 0.29) is 17.9 Å². The van der Waals surface area contributed by atoms with Gasteiger partial charge in [0.2, 0.25) is 15.9 Å². The molecule has 1 rings (SSSR count). The van der Waals surface area contributed by atoms with E-state index < -0.39 is 27.9 Å². The minimum absolute atomic E-state index is 0.0880. The van der Waals surface area contributed by atoms with Crippen LogP contribution in [0, 0.1) is 0 Å². The summed E-state index contributed by atoms with van der Waals surface area (Å²) in [6, 6.07) is 5.03. The van der Waals surface area contributed by atoms with Gasteiger partial charge in [-0.3, -0.25) is 9.59 Å². The lowest BCUT2D eigenvalue weighted by Gasteiger charge is -2.10. The van der Waals surface area contributed by atoms with Crippen LogP contribution < -0.4 is 10.0 Å². The number of sulfonamides is 1. The zero-order valence-electron chi connectivity index (χ0n) is 11.2. The van der Waals surface area contributed by atoms with E-state index in [0.717, 1.165) is 4.47 Å². The Morgan fingerprint density at radius 3 is 2.38 bits per heavy atom. The lowest BCUT2D eigenvalue weighted by atomic mass is 10.3. The average molecular weight is 379 g/mol. The van der Waals surface area contributed by atoms with Crippen LogP contribution in [0.1, 0.15) is 13.3 Å². The zero-order valence-corrected chi connectivity index (χ0v) is 13.6. The van der Waals surface area contributed by atoms with Crippen LogP contribution in [0.15, 0.2) is 33.6 Å². The van der Waals surface area contributed by atoms with Crippen molar-refractivity contribution in [2.24, 2.45) is 0 Å². The molecule has 0 radical (unpaired) electrons. The Bertz CT molecular complexity index is 615. The first-order valence-corrected chi connectivity index (χ1v) is 8.27. The first-order valence-electron chi connectivity index (χ1n) is 6.00. The van der Waals surface area contributed by atoms with Crippen molar-refractivity contribution in [3.05, 3.63) is 28.7 Å². The molecule has 21 heavy (non-hydrogen) atoms. The molecule has 1 aromatic carbocycles. The lowest BCUT2D eigenvalue weighted by molar-refractivity contribution is -0.141. The number of halogens is 1. The van der Waals surface area contributed by atoms with Gasteiger partial charge >= 0.3 is 5.97 Å². The Labute approximate surface area is 130 Å². The summed E-state index contributed by atoms with van der Waals surface area (Å²) in [5.41, 5.74) is 0. The summed E-state index contributed by atoms with van der Waals surface area (Å²) >= 11 is 3.20. The zero-order chi connectivity index (χ0) is 16.0. The number of amides is 1. The number of hydrogen-bond acceptors (Lipinski definition) is 4. The number of carboxylic acids is 1. The third kappa shape index (κ3) is 5.82. The van der Waals surface area contributed by atoms with Crippen molar-refractivity contribution < 1.29 is 23.1 Å². The van der Waals surface area contributed by atoms with Crippen molar-refractivity contribution in [2.45, 2.75) is 24.3 Å². The molecule has 0 aliphatic rings. The van der Waals surface area contributed by atoms with E-state index in [2.05, 4.69) is 26.0 Å². The minimum atomic E-state index is -3.68. The molecular formula is C12H15BrN2O5S. The van der Waals surface area contributed by atoms with E-state index >= 15 is 0 Å². The van der Waals surface area contributed by atoms with Crippen LogP contribution in [0.5, 0.6) is 0 Å². The summed E-state index contributed by atoms with van der Waals surface area (Å²) < 4.78 is 26.8. The number of rotatable bonds is 7. The third-order valence-electron chi connectivity index (χ3n) is 2.52. The van der Waals surface area contributed by atoms with Crippen LogP contribution >= 0.6 is 15.9 Å². The Morgan fingerprint density at radius 1 is 1.29 bits per heavy atom. The normalized spacial score (nSPS) is 12.7. The predicted octanol–water partition coefficient (Wildman–Crippen LogP) is 0.707.